The minimum Gasteiger partial charge on any atom is -0.389 e. The topological polar surface area (TPSA) is 50.9 Å². The first-order valence-corrected chi connectivity index (χ1v) is 6.41. The highest BCUT2D eigenvalue weighted by Crippen LogP contribution is 2.25. The summed E-state index contributed by atoms with van der Waals surface area (Å²) in [5, 5.41) is 6.86. The number of anilines is 2. The number of nitrogens with one attached hydrogen (secondary N) is 1. The van der Waals surface area contributed by atoms with Gasteiger partial charge in [-0.2, -0.15) is 0 Å². The van der Waals surface area contributed by atoms with Crippen molar-refractivity contribution < 1.29 is 0 Å². The zero-order chi connectivity index (χ0) is 9.97. The molecule has 2 aromatic rings. The maximum Gasteiger partial charge on any atom is 0.184 e. The van der Waals surface area contributed by atoms with Crippen molar-refractivity contribution in [2.75, 3.05) is 11.1 Å². The van der Waals surface area contributed by atoms with Crippen LogP contribution >= 0.6 is 38.6 Å². The molecule has 2 aromatic heterocycles. The third-order valence-electron chi connectivity index (χ3n) is 1.65. The lowest BCUT2D eigenvalue weighted by Gasteiger charge is -2.00. The van der Waals surface area contributed by atoms with Crippen LogP contribution in [0, 0.1) is 0 Å². The van der Waals surface area contributed by atoms with Crippen molar-refractivity contribution in [2.45, 2.75) is 6.54 Å². The molecule has 0 aliphatic carbocycles. The van der Waals surface area contributed by atoms with Gasteiger partial charge in [-0.1, -0.05) is 11.3 Å². The van der Waals surface area contributed by atoms with E-state index in [2.05, 4.69) is 37.7 Å². The van der Waals surface area contributed by atoms with Crippen molar-refractivity contribution in [3.63, 3.8) is 0 Å². The van der Waals surface area contributed by atoms with Crippen molar-refractivity contribution >= 4 is 48.7 Å². The first kappa shape index (κ1) is 9.95. The van der Waals surface area contributed by atoms with E-state index in [9.17, 15) is 0 Å². The fourth-order valence-corrected chi connectivity index (χ4v) is 2.80. The van der Waals surface area contributed by atoms with Crippen LogP contribution in [0.3, 0.4) is 0 Å². The maximum atomic E-state index is 5.57. The summed E-state index contributed by atoms with van der Waals surface area (Å²) in [6.45, 7) is 0.775. The van der Waals surface area contributed by atoms with E-state index in [1.807, 2.05) is 0 Å². The Bertz CT molecular complexity index is 424. The molecule has 0 aromatic carbocycles. The Labute approximate surface area is 98.1 Å². The van der Waals surface area contributed by atoms with Crippen LogP contribution in [0.15, 0.2) is 21.4 Å². The normalized spacial score (nSPS) is 10.4. The van der Waals surface area contributed by atoms with Gasteiger partial charge in [0.1, 0.15) is 5.00 Å². The van der Waals surface area contributed by atoms with Gasteiger partial charge in [-0.3, -0.25) is 0 Å². The number of aromatic nitrogens is 1. The number of rotatable bonds is 3. The maximum absolute atomic E-state index is 5.57. The summed E-state index contributed by atoms with van der Waals surface area (Å²) < 4.78 is 1.16. The smallest absolute Gasteiger partial charge is 0.184 e. The number of nitrogens with two attached hydrogens (primary N) is 1. The molecule has 0 fully saturated rings. The van der Waals surface area contributed by atoms with Gasteiger partial charge in [-0.15, -0.1) is 11.3 Å². The van der Waals surface area contributed by atoms with E-state index in [-0.39, 0.29) is 0 Å². The Morgan fingerprint density at radius 2 is 2.43 bits per heavy atom. The zero-order valence-electron chi connectivity index (χ0n) is 7.16. The monoisotopic (exact) mass is 289 g/mol. The second kappa shape index (κ2) is 4.29. The number of hydrogen-bond acceptors (Lipinski definition) is 5. The lowest BCUT2D eigenvalue weighted by molar-refractivity contribution is 1.14. The van der Waals surface area contributed by atoms with Crippen LogP contribution in [0.2, 0.25) is 0 Å². The Morgan fingerprint density at radius 3 is 3.00 bits per heavy atom. The number of thiophene rings is 1. The molecule has 0 atom stereocenters. The lowest BCUT2D eigenvalue weighted by atomic mass is 10.3. The van der Waals surface area contributed by atoms with E-state index in [0.717, 1.165) is 20.5 Å². The Kier molecular flexibility index (Phi) is 3.05. The molecule has 0 aliphatic rings. The van der Waals surface area contributed by atoms with Crippen molar-refractivity contribution in [1.29, 1.82) is 0 Å². The molecule has 74 valence electrons. The van der Waals surface area contributed by atoms with Crippen LogP contribution in [-0.4, -0.2) is 4.98 Å². The van der Waals surface area contributed by atoms with Crippen LogP contribution in [0.25, 0.3) is 0 Å². The Balaban J connectivity index is 1.98. The number of hydrogen-bond donors (Lipinski definition) is 2. The molecule has 0 amide bonds. The van der Waals surface area contributed by atoms with Crippen molar-refractivity contribution in [1.82, 2.24) is 4.98 Å². The van der Waals surface area contributed by atoms with Crippen molar-refractivity contribution in [3.8, 4) is 0 Å². The first-order valence-electron chi connectivity index (χ1n) is 3.93. The number of thiazole rings is 1. The number of nitrogen functional groups attached to an aromatic ring is 1. The first-order chi connectivity index (χ1) is 6.75. The van der Waals surface area contributed by atoms with Crippen molar-refractivity contribution in [2.24, 2.45) is 0 Å². The molecule has 3 nitrogen and oxygen atoms in total. The second-order valence-electron chi connectivity index (χ2n) is 2.64. The van der Waals surface area contributed by atoms with E-state index in [0.29, 0.717) is 0 Å². The summed E-state index contributed by atoms with van der Waals surface area (Å²) in [6.07, 6.45) is 1.66. The minimum atomic E-state index is 0.733. The molecule has 2 heterocycles. The van der Waals surface area contributed by atoms with Gasteiger partial charge in [-0.25, -0.2) is 4.98 Å². The second-order valence-corrected chi connectivity index (χ2v) is 5.94. The summed E-state index contributed by atoms with van der Waals surface area (Å²) in [5.41, 5.74) is 6.81. The Morgan fingerprint density at radius 1 is 1.57 bits per heavy atom. The SMILES string of the molecule is Nc1cnc(NCc2ccsc2Br)s1. The van der Waals surface area contributed by atoms with Gasteiger partial charge in [0.05, 0.1) is 9.98 Å². The lowest BCUT2D eigenvalue weighted by Crippen LogP contribution is -1.97. The highest BCUT2D eigenvalue weighted by molar-refractivity contribution is 9.11. The quantitative estimate of drug-likeness (QED) is 0.913. The predicted octanol–water partition coefficient (Wildman–Crippen LogP) is 3.16. The number of halogens is 1. The van der Waals surface area contributed by atoms with E-state index >= 15 is 0 Å². The minimum absolute atomic E-state index is 0.733. The molecule has 0 bridgehead atoms. The van der Waals surface area contributed by atoms with Crippen molar-refractivity contribution in [3.05, 3.63) is 27.0 Å². The third kappa shape index (κ3) is 2.26. The molecule has 0 saturated carbocycles. The summed E-state index contributed by atoms with van der Waals surface area (Å²) in [5.74, 6) is 0. The predicted molar refractivity (Wildman–Crippen MR) is 65.9 cm³/mol. The average molecular weight is 290 g/mol. The largest absolute Gasteiger partial charge is 0.389 e. The molecule has 14 heavy (non-hydrogen) atoms. The molecule has 0 spiro atoms. The molecule has 0 radical (unpaired) electrons. The van der Waals surface area contributed by atoms with Gasteiger partial charge in [0, 0.05) is 6.54 Å². The van der Waals surface area contributed by atoms with Crippen LogP contribution in [0.4, 0.5) is 10.1 Å². The van der Waals surface area contributed by atoms with E-state index in [1.165, 1.54) is 16.9 Å². The zero-order valence-corrected chi connectivity index (χ0v) is 10.4. The molecular weight excluding hydrogens is 282 g/mol. The van der Waals surface area contributed by atoms with Gasteiger partial charge in [0.25, 0.3) is 0 Å². The molecule has 3 N–H and O–H groups in total. The Hall–Kier alpha value is -0.590. The molecule has 0 unspecified atom stereocenters. The standard InChI is InChI=1S/C8H8BrN3S2/c9-7-5(1-2-13-7)3-11-8-12-4-6(10)14-8/h1-2,4H,3,10H2,(H,11,12). The summed E-state index contributed by atoms with van der Waals surface area (Å²) in [7, 11) is 0. The molecule has 0 aliphatic heterocycles. The van der Waals surface area contributed by atoms with Gasteiger partial charge >= 0.3 is 0 Å². The van der Waals surface area contributed by atoms with Gasteiger partial charge in [-0.05, 0) is 32.9 Å². The van der Waals surface area contributed by atoms with Crippen LogP contribution in [-0.2, 0) is 6.54 Å². The molecule has 2 rings (SSSR count). The van der Waals surface area contributed by atoms with E-state index in [4.69, 9.17) is 5.73 Å². The van der Waals surface area contributed by atoms with Gasteiger partial charge in [0.2, 0.25) is 0 Å². The highest BCUT2D eigenvalue weighted by Gasteiger charge is 2.02. The molecular formula is C8H8BrN3S2. The summed E-state index contributed by atoms with van der Waals surface area (Å²) >= 11 is 6.62. The average Bonchev–Trinajstić information content (AvgIpc) is 2.72. The third-order valence-corrected chi connectivity index (χ3v) is 4.24. The van der Waals surface area contributed by atoms with Crippen LogP contribution < -0.4 is 11.1 Å². The van der Waals surface area contributed by atoms with Crippen LogP contribution in [0.1, 0.15) is 5.56 Å². The van der Waals surface area contributed by atoms with Crippen LogP contribution in [0.5, 0.6) is 0 Å². The van der Waals surface area contributed by atoms with E-state index in [1.54, 1.807) is 17.5 Å². The van der Waals surface area contributed by atoms with E-state index < -0.39 is 0 Å². The molecule has 6 heteroatoms. The summed E-state index contributed by atoms with van der Waals surface area (Å²) in [6, 6.07) is 2.08. The fraction of sp³-hybridized carbons (Fsp3) is 0.125. The van der Waals surface area contributed by atoms with Gasteiger partial charge in [0.15, 0.2) is 5.13 Å². The fourth-order valence-electron chi connectivity index (χ4n) is 0.985. The highest BCUT2D eigenvalue weighted by atomic mass is 79.9. The van der Waals surface area contributed by atoms with Gasteiger partial charge < -0.3 is 11.1 Å². The summed E-state index contributed by atoms with van der Waals surface area (Å²) in [4.78, 5) is 4.12. The number of nitrogens with zero attached hydrogens (tertiary/aromatic N) is 1. The molecule has 0 saturated heterocycles.